The third-order valence-corrected chi connectivity index (χ3v) is 4.64. The summed E-state index contributed by atoms with van der Waals surface area (Å²) in [4.78, 5) is 10.2. The molecule has 0 rings (SSSR count). The van der Waals surface area contributed by atoms with Crippen LogP contribution >= 0.6 is 0 Å². The van der Waals surface area contributed by atoms with Gasteiger partial charge in [0.15, 0.2) is 0 Å². The maximum atomic E-state index is 14.3. The normalized spacial score (nSPS) is 20.0. The van der Waals surface area contributed by atoms with Crippen LogP contribution in [0.3, 0.4) is 0 Å². The average Bonchev–Trinajstić information content (AvgIpc) is 2.78. The van der Waals surface area contributed by atoms with E-state index in [9.17, 15) is 137 Å². The van der Waals surface area contributed by atoms with Crippen molar-refractivity contribution < 1.29 is 208 Å². The van der Waals surface area contributed by atoms with Crippen molar-refractivity contribution in [3.63, 3.8) is 0 Å². The predicted octanol–water partition coefficient (Wildman–Crippen LogP) is 4.29. The topological polar surface area (TPSA) is 77.1 Å². The first-order valence-corrected chi connectivity index (χ1v) is 10.0. The maximum absolute atomic E-state index is 14.3. The molecule has 51 heavy (non-hydrogen) atoms. The van der Waals surface area contributed by atoms with E-state index in [1.54, 1.807) is 0 Å². The number of ether oxygens (including phenoxy) is 4. The van der Waals surface area contributed by atoms with Gasteiger partial charge in [-0.25, -0.2) is 0 Å². The Morgan fingerprint density at radius 3 is 0.725 bits per heavy atom. The number of halogens is 29. The third-order valence-electron chi connectivity index (χ3n) is 4.64. The summed E-state index contributed by atoms with van der Waals surface area (Å²) in [6, 6.07) is 0. The van der Waals surface area contributed by atoms with Gasteiger partial charge in [-0.2, -0.15) is 127 Å². The number of hydrogen-bond acceptors (Lipinski definition) is 6. The van der Waals surface area contributed by atoms with Crippen molar-refractivity contribution in [2.24, 2.45) is 0 Å². The molecule has 0 saturated heterocycles. The minimum atomic E-state index is -9.28. The maximum Gasteiger partial charge on any atom is 1.00 e. The largest absolute Gasteiger partial charge is 1.00 e. The first-order chi connectivity index (χ1) is 21.0. The number of carbonyl (C=O) groups is 1. The summed E-state index contributed by atoms with van der Waals surface area (Å²) >= 11 is 0. The number of carboxylic acid groups (broad SMARTS) is 1. The summed E-state index contributed by atoms with van der Waals surface area (Å²) in [5, 5.41) is 10.2. The van der Waals surface area contributed by atoms with Crippen molar-refractivity contribution in [3.05, 3.63) is 0 Å². The zero-order chi connectivity index (χ0) is 41.4. The van der Waals surface area contributed by atoms with Gasteiger partial charge >= 0.3 is 136 Å². The van der Waals surface area contributed by atoms with Crippen LogP contribution in [0, 0.1) is 0 Å². The van der Waals surface area contributed by atoms with Crippen LogP contribution in [-0.2, 0) is 23.7 Å². The molecule has 0 aliphatic carbocycles. The molecule has 0 bridgehead atoms. The Morgan fingerprint density at radius 1 is 0.333 bits per heavy atom. The molecular formula is C15F29KO6. The number of carboxylic acids is 1. The first-order valence-electron chi connectivity index (χ1n) is 10.0. The zero-order valence-electron chi connectivity index (χ0n) is 21.9. The molecule has 0 aliphatic rings. The van der Waals surface area contributed by atoms with Crippen molar-refractivity contribution in [2.45, 2.75) is 84.7 Å². The Kier molecular flexibility index (Phi) is 14.2. The van der Waals surface area contributed by atoms with E-state index in [1.165, 1.54) is 4.74 Å². The minimum absolute atomic E-state index is 0. The summed E-state index contributed by atoms with van der Waals surface area (Å²) in [7, 11) is 0. The van der Waals surface area contributed by atoms with E-state index in [4.69, 9.17) is 0 Å². The summed E-state index contributed by atoms with van der Waals surface area (Å²) in [6.07, 6.45) is -77.9. The number of carbonyl (C=O) groups excluding carboxylic acids is 1. The van der Waals surface area contributed by atoms with Gasteiger partial charge in [0.1, 0.15) is 5.97 Å². The van der Waals surface area contributed by atoms with Gasteiger partial charge in [0.25, 0.3) is 0 Å². The summed E-state index contributed by atoms with van der Waals surface area (Å²) in [5.41, 5.74) is 0. The first kappa shape index (κ1) is 52.0. The van der Waals surface area contributed by atoms with Crippen LogP contribution in [0.25, 0.3) is 0 Å². The van der Waals surface area contributed by atoms with Crippen molar-refractivity contribution in [1.82, 2.24) is 0 Å². The van der Waals surface area contributed by atoms with Crippen LogP contribution in [0.15, 0.2) is 0 Å². The van der Waals surface area contributed by atoms with E-state index in [0.29, 0.717) is 0 Å². The molecule has 0 aromatic rings. The van der Waals surface area contributed by atoms with Crippen molar-refractivity contribution in [2.75, 3.05) is 0 Å². The Bertz CT molecular complexity index is 1240. The summed E-state index contributed by atoms with van der Waals surface area (Å²) in [5.74, 6) is -48.3. The molecule has 0 aromatic heterocycles. The molecule has 300 valence electrons. The van der Waals surface area contributed by atoms with Gasteiger partial charge in [0.05, 0.1) is 0 Å². The van der Waals surface area contributed by atoms with Crippen molar-refractivity contribution in [1.29, 1.82) is 0 Å². The van der Waals surface area contributed by atoms with Crippen LogP contribution in [0.1, 0.15) is 0 Å². The van der Waals surface area contributed by atoms with E-state index < -0.39 is 90.6 Å². The van der Waals surface area contributed by atoms with Gasteiger partial charge in [-0.3, -0.25) is 18.9 Å². The second-order valence-electron chi connectivity index (χ2n) is 8.21. The molecule has 6 nitrogen and oxygen atoms in total. The molecule has 0 N–H and O–H groups in total. The average molecular weight is 866 g/mol. The quantitative estimate of drug-likeness (QED) is 0.204. The fourth-order valence-electron chi connectivity index (χ4n) is 2.19. The zero-order valence-corrected chi connectivity index (χ0v) is 25.0. The fourth-order valence-corrected chi connectivity index (χ4v) is 2.19. The molecule has 36 heteroatoms. The van der Waals surface area contributed by atoms with Gasteiger partial charge in [0.2, 0.25) is 0 Å². The predicted molar refractivity (Wildman–Crippen MR) is 79.7 cm³/mol. The van der Waals surface area contributed by atoms with Crippen LogP contribution in [-0.4, -0.2) is 90.6 Å². The third kappa shape index (κ3) is 8.91. The van der Waals surface area contributed by atoms with Crippen LogP contribution in [0.2, 0.25) is 0 Å². The number of hydrogen-bond donors (Lipinski definition) is 0. The number of rotatable bonds is 13. The van der Waals surface area contributed by atoms with Crippen LogP contribution < -0.4 is 56.5 Å². The Hall–Kier alpha value is -1.08. The molecule has 0 amide bonds. The monoisotopic (exact) mass is 866 g/mol. The molecule has 4 atom stereocenters. The summed E-state index contributed by atoms with van der Waals surface area (Å²) < 4.78 is 385. The molecule has 4 unspecified atom stereocenters. The van der Waals surface area contributed by atoms with Gasteiger partial charge in [-0.1, -0.05) is 0 Å². The number of alkyl halides is 29. The van der Waals surface area contributed by atoms with Crippen LogP contribution in [0.5, 0.6) is 0 Å². The standard InChI is InChI=1S/C15HF29O6.K/c16-2(1(45)46,7(22,23)24)47-13(39,40)4(19,9(28,29)30)49-15(43,44)6(21,11(34,35)36)50-14(41,42)5(20,10(31,32)33)48-12(37,38)3(17,18)8(25,26)27;/h(H,45,46);/q;+1/p-1. The second-order valence-corrected chi connectivity index (χ2v) is 8.21. The molecular weight excluding hydrogens is 866 g/mol. The van der Waals surface area contributed by atoms with Crippen LogP contribution in [0.4, 0.5) is 127 Å². The second kappa shape index (κ2) is 13.9. The minimum Gasteiger partial charge on any atom is -0.544 e. The molecule has 0 spiro atoms. The van der Waals surface area contributed by atoms with E-state index in [1.807, 2.05) is 0 Å². The molecule has 0 fully saturated rings. The van der Waals surface area contributed by atoms with Gasteiger partial charge in [-0.05, 0) is 0 Å². The Morgan fingerprint density at radius 2 is 0.549 bits per heavy atom. The van der Waals surface area contributed by atoms with E-state index in [-0.39, 0.29) is 51.4 Å². The van der Waals surface area contributed by atoms with Crippen molar-refractivity contribution in [3.8, 4) is 0 Å². The van der Waals surface area contributed by atoms with E-state index in [0.717, 1.165) is 14.2 Å². The smallest absolute Gasteiger partial charge is 0.544 e. The molecule has 0 radical (unpaired) electrons. The van der Waals surface area contributed by atoms with E-state index in [2.05, 4.69) is 0 Å². The van der Waals surface area contributed by atoms with Gasteiger partial charge in [0, 0.05) is 0 Å². The SMILES string of the molecule is O=C([O-])C(F)(OC(F)(F)C(F)(OC(F)(F)C(F)(OC(F)(F)C(F)(OC(F)(F)C(F)(F)C(F)(F)F)C(F)(F)F)C(F)(F)F)C(F)(F)F)C(F)(F)F.[K+]. The van der Waals surface area contributed by atoms with Gasteiger partial charge in [-0.15, -0.1) is 0 Å². The van der Waals surface area contributed by atoms with Crippen molar-refractivity contribution >= 4 is 5.97 Å². The fraction of sp³-hybridized carbons (Fsp3) is 0.933. The van der Waals surface area contributed by atoms with Gasteiger partial charge < -0.3 is 9.90 Å². The molecule has 0 aliphatic heterocycles. The number of aliphatic carboxylic acids is 1. The Labute approximate surface area is 297 Å². The molecule has 0 heterocycles. The molecule has 0 saturated carbocycles. The van der Waals surface area contributed by atoms with E-state index >= 15 is 0 Å². The Balaban J connectivity index is 0. The summed E-state index contributed by atoms with van der Waals surface area (Å²) in [6.45, 7) is 0. The molecule has 0 aromatic carbocycles.